The first-order valence-corrected chi connectivity index (χ1v) is 50.2. The number of alkyl halides is 3. The van der Waals surface area contributed by atoms with Crippen molar-refractivity contribution >= 4 is 222 Å². The van der Waals surface area contributed by atoms with Crippen LogP contribution in [-0.4, -0.2) is 142 Å². The number of hydrogen-bond donors (Lipinski definition) is 0. The quantitative estimate of drug-likeness (QED) is 0.0891. The van der Waals surface area contributed by atoms with Crippen LogP contribution in [0.25, 0.3) is 0 Å². The highest BCUT2D eigenvalue weighted by atomic mass is 35.5. The molecule has 10 aromatic carbocycles. The Morgan fingerprint density at radius 3 is 1.43 bits per heavy atom. The third-order valence-corrected chi connectivity index (χ3v) is 31.1. The molecular formula is C97H86Cl4F3NO13S9. The molecule has 9 heterocycles. The molecular weight excluding hydrogens is 1870 g/mol. The van der Waals surface area contributed by atoms with Crippen LogP contribution < -0.4 is 9.64 Å². The SMILES string of the molecule is CC(=O)OC1CSc2ccccc2C1=O.CC1(C)CC(=O)c2cc(Cl)ccc2S1.CN(C)c1ccc2c(c1)SCCC2=O.COc1ccc2c(c1)SCC(C(=O)c1ccccc1)C2=O.Cc1ccc2c(c1)C(=O)CCS2.O=C1CCSc2c(Cl)cc(Cl)cc21.O=C1CCSc2ccc(C(F)(F)F)cc21.O=C1CCSc2ccc(Cl)cc21.O=C1CCSc2ccccc21. The molecule has 30 heteroatoms. The topological polar surface area (TPSA) is 209 Å². The van der Waals surface area contributed by atoms with E-state index in [0.29, 0.717) is 121 Å². The average molecular weight is 1960 g/mol. The maximum absolute atomic E-state index is 12.6. The summed E-state index contributed by atoms with van der Waals surface area (Å²) >= 11 is 38.3. The molecule has 0 fully saturated rings. The Balaban J connectivity index is 0.000000139. The molecule has 0 saturated heterocycles. The van der Waals surface area contributed by atoms with Crippen molar-refractivity contribution in [2.75, 3.05) is 72.1 Å². The van der Waals surface area contributed by atoms with E-state index in [4.69, 9.17) is 55.9 Å². The van der Waals surface area contributed by atoms with Gasteiger partial charge in [-0.15, -0.1) is 106 Å². The van der Waals surface area contributed by atoms with Crippen molar-refractivity contribution < 1.29 is 75.4 Å². The number of benzene rings is 10. The van der Waals surface area contributed by atoms with Gasteiger partial charge in [0.2, 0.25) is 5.78 Å². The summed E-state index contributed by atoms with van der Waals surface area (Å²) in [6.07, 6.45) is -0.808. The lowest BCUT2D eigenvalue weighted by molar-refractivity contribution is -0.143. The Morgan fingerprint density at radius 1 is 0.417 bits per heavy atom. The van der Waals surface area contributed by atoms with Gasteiger partial charge in [-0.05, 0) is 148 Å². The van der Waals surface area contributed by atoms with Crippen molar-refractivity contribution in [3.8, 4) is 5.75 Å². The lowest BCUT2D eigenvalue weighted by atomic mass is 9.91. The Kier molecular flexibility index (Phi) is 36.7. The number of ether oxygens (including phenoxy) is 2. The first-order valence-electron chi connectivity index (χ1n) is 40.0. The molecule has 10 aromatic rings. The van der Waals surface area contributed by atoms with Gasteiger partial charge in [0.05, 0.1) is 23.6 Å². The minimum Gasteiger partial charge on any atom is -0.497 e. The zero-order valence-electron chi connectivity index (χ0n) is 69.9. The summed E-state index contributed by atoms with van der Waals surface area (Å²) in [5.41, 5.74) is 8.61. The Hall–Kier alpha value is -7.93. The van der Waals surface area contributed by atoms with Crippen molar-refractivity contribution in [1.29, 1.82) is 0 Å². The Labute approximate surface area is 794 Å². The number of esters is 1. The molecule has 0 saturated carbocycles. The van der Waals surface area contributed by atoms with E-state index in [1.54, 1.807) is 144 Å². The van der Waals surface area contributed by atoms with Crippen LogP contribution in [0.4, 0.5) is 18.9 Å². The predicted molar refractivity (Wildman–Crippen MR) is 515 cm³/mol. The number of thioether (sulfide) groups is 9. The number of rotatable bonds is 5. The molecule has 0 N–H and O–H groups in total. The summed E-state index contributed by atoms with van der Waals surface area (Å²) in [5.74, 6) is 6.79. The summed E-state index contributed by atoms with van der Waals surface area (Å²) in [7, 11) is 5.62. The second kappa shape index (κ2) is 46.7. The predicted octanol–water partition coefficient (Wildman–Crippen LogP) is 26.7. The van der Waals surface area contributed by atoms with Gasteiger partial charge >= 0.3 is 12.1 Å². The van der Waals surface area contributed by atoms with E-state index < -0.39 is 29.7 Å². The number of carbonyl (C=O) groups excluding carboxylic acids is 11. The van der Waals surface area contributed by atoms with E-state index in [2.05, 4.69) is 30.9 Å². The maximum Gasteiger partial charge on any atom is 0.416 e. The summed E-state index contributed by atoms with van der Waals surface area (Å²) in [6.45, 7) is 7.52. The van der Waals surface area contributed by atoms with E-state index in [-0.39, 0.29) is 56.6 Å². The largest absolute Gasteiger partial charge is 0.497 e. The van der Waals surface area contributed by atoms with Crippen LogP contribution in [0.15, 0.2) is 244 Å². The monoisotopic (exact) mass is 1960 g/mol. The highest BCUT2D eigenvalue weighted by molar-refractivity contribution is 8.01. The first-order chi connectivity index (χ1) is 60.6. The molecule has 9 aliphatic heterocycles. The van der Waals surface area contributed by atoms with Gasteiger partial charge in [-0.25, -0.2) is 0 Å². The van der Waals surface area contributed by atoms with Gasteiger partial charge in [-0.1, -0.05) is 125 Å². The van der Waals surface area contributed by atoms with E-state index in [9.17, 15) is 65.9 Å². The molecule has 19 rings (SSSR count). The fourth-order valence-electron chi connectivity index (χ4n) is 13.6. The lowest BCUT2D eigenvalue weighted by Crippen LogP contribution is -2.32. The van der Waals surface area contributed by atoms with Gasteiger partial charge in [0.1, 0.15) is 5.75 Å². The third-order valence-electron chi connectivity index (χ3n) is 20.0. The summed E-state index contributed by atoms with van der Waals surface area (Å²) in [5, 5.41) is 2.39. The van der Waals surface area contributed by atoms with Crippen LogP contribution in [0.2, 0.25) is 20.1 Å². The lowest BCUT2D eigenvalue weighted by Gasteiger charge is -2.29. The van der Waals surface area contributed by atoms with Gasteiger partial charge in [-0.2, -0.15) is 13.2 Å². The number of aryl methyl sites for hydroxylation is 1. The van der Waals surface area contributed by atoms with Gasteiger partial charge in [0, 0.05) is 237 Å². The number of ketones is 10. The van der Waals surface area contributed by atoms with Gasteiger partial charge in [0.25, 0.3) is 0 Å². The second-order valence-corrected chi connectivity index (χ2v) is 42.4. The van der Waals surface area contributed by atoms with E-state index in [0.717, 1.165) is 119 Å². The molecule has 2 atom stereocenters. The highest BCUT2D eigenvalue weighted by Gasteiger charge is 2.37. The molecule has 0 aliphatic carbocycles. The van der Waals surface area contributed by atoms with Crippen molar-refractivity contribution in [1.82, 2.24) is 0 Å². The molecule has 0 radical (unpaired) electrons. The number of fused-ring (bicyclic) bond motifs is 9. The van der Waals surface area contributed by atoms with Gasteiger partial charge in [0.15, 0.2) is 58.2 Å². The number of halogens is 7. The molecule has 0 spiro atoms. The summed E-state index contributed by atoms with van der Waals surface area (Å²) in [4.78, 5) is 139. The fraction of sp³-hybridized carbons (Fsp3) is 0.268. The molecule has 127 heavy (non-hydrogen) atoms. The van der Waals surface area contributed by atoms with Crippen LogP contribution >= 0.6 is 152 Å². The van der Waals surface area contributed by atoms with Crippen molar-refractivity contribution in [2.45, 2.75) is 134 Å². The Morgan fingerprint density at radius 2 is 0.858 bits per heavy atom. The zero-order valence-corrected chi connectivity index (χ0v) is 80.3. The molecule has 2 unspecified atom stereocenters. The number of carbonyl (C=O) groups is 11. The van der Waals surface area contributed by atoms with Crippen molar-refractivity contribution in [3.05, 3.63) is 287 Å². The van der Waals surface area contributed by atoms with E-state index in [1.807, 2.05) is 136 Å². The van der Waals surface area contributed by atoms with Crippen LogP contribution in [0.3, 0.4) is 0 Å². The average Bonchev–Trinajstić information content (AvgIpc) is 0.774. The standard InChI is InChI=1S/C17H14O3S.C11H11ClOS.C11H13NOS.C11H10O3S.C10H7F3OS.C10H10OS.C9H6Cl2OS.C9H7ClOS.C9H8OS/c1-20-12-7-8-13-15(9-12)21-10-14(17(13)19)16(18)11-5-3-2-4-6-11;1-11(2)6-9(13)8-5-7(12)3-4-10(8)14-11;1-12(2)8-3-4-9-10(13)5-6-14-11(9)7-8;1-7(12)14-9-6-15-10-5-3-2-4-8(10)11(9)13;11-10(12,13)6-1-2-9-7(5-6)8(14)3-4-15-9;1-7-2-3-10-8(6-7)9(11)4-5-12-10;10-5-3-6-8(12)1-2-13-9(6)7(11)4-5;10-6-1-2-9-7(5-6)8(11)3-4-12-9;10-8-5-6-11-9-4-2-1-3-7(8)9/h2-9,14H,10H2,1H3;3-5H,6H2,1-2H3;3-4,7H,5-6H2,1-2H3;2-5,9H,6H2,1H3;1-2,5H,3-4H2;2-3,6H,4-5H2,1H3;3-4H,1-2H2;1-2,5H,3-4H2;1-4H,5-6H2. The molecule has 9 aliphatic rings. The third kappa shape index (κ3) is 27.6. The van der Waals surface area contributed by atoms with Crippen LogP contribution in [0.5, 0.6) is 5.75 Å². The van der Waals surface area contributed by atoms with Crippen LogP contribution in [0, 0.1) is 12.8 Å². The number of methoxy groups -OCH3 is 1. The molecule has 0 aromatic heterocycles. The van der Waals surface area contributed by atoms with Gasteiger partial charge < -0.3 is 14.4 Å². The van der Waals surface area contributed by atoms with Crippen molar-refractivity contribution in [2.24, 2.45) is 5.92 Å². The molecule has 0 amide bonds. The summed E-state index contributed by atoms with van der Waals surface area (Å²) < 4.78 is 47.2. The molecule has 660 valence electrons. The zero-order chi connectivity index (χ0) is 91.4. The maximum atomic E-state index is 12.6. The Bertz CT molecular complexity index is 5790. The van der Waals surface area contributed by atoms with Crippen LogP contribution in [0.1, 0.15) is 180 Å². The number of Topliss-reactive ketones (excluding diaryl/α,β-unsaturated/α-hetero) is 10. The summed E-state index contributed by atoms with van der Waals surface area (Å²) in [6, 6.07) is 59.4. The van der Waals surface area contributed by atoms with Crippen molar-refractivity contribution in [3.63, 3.8) is 0 Å². The van der Waals surface area contributed by atoms with E-state index >= 15 is 0 Å². The first kappa shape index (κ1) is 99.6. The second-order valence-electron chi connectivity index (χ2n) is 30.0. The van der Waals surface area contributed by atoms with E-state index in [1.165, 1.54) is 42.1 Å². The number of nitrogens with zero attached hydrogens (tertiary/aromatic N) is 1. The fourth-order valence-corrected chi connectivity index (χ4v) is 24.1. The highest BCUT2D eigenvalue weighted by Crippen LogP contribution is 2.45. The number of anilines is 1. The number of hydrogen-bond acceptors (Lipinski definition) is 23. The minimum absolute atomic E-state index is 0.0118. The van der Waals surface area contributed by atoms with Gasteiger partial charge in [-0.3, -0.25) is 52.7 Å². The smallest absolute Gasteiger partial charge is 0.416 e. The normalized spacial score (nSPS) is 16.9. The van der Waals surface area contributed by atoms with Crippen LogP contribution in [-0.2, 0) is 15.7 Å². The molecule has 14 nitrogen and oxygen atoms in total. The molecule has 0 bridgehead atoms. The minimum atomic E-state index is -4.38.